The van der Waals surface area contributed by atoms with Gasteiger partial charge in [-0.15, -0.1) is 0 Å². The van der Waals surface area contributed by atoms with Crippen molar-refractivity contribution >= 4 is 11.9 Å². The predicted molar refractivity (Wildman–Crippen MR) is 87.3 cm³/mol. The van der Waals surface area contributed by atoms with E-state index in [2.05, 4.69) is 6.92 Å². The van der Waals surface area contributed by atoms with Crippen molar-refractivity contribution in [2.75, 3.05) is 0 Å². The third-order valence-corrected chi connectivity index (χ3v) is 2.51. The molecule has 23 heavy (non-hydrogen) atoms. The Balaban J connectivity index is -0.000000272. The summed E-state index contributed by atoms with van der Waals surface area (Å²) < 4.78 is 0. The lowest BCUT2D eigenvalue weighted by molar-refractivity contribution is -0.139. The van der Waals surface area contributed by atoms with Gasteiger partial charge in [0.25, 0.3) is 0 Å². The third kappa shape index (κ3) is 44.9. The van der Waals surface area contributed by atoms with Crippen LogP contribution < -0.4 is 0 Å². The Bertz CT molecular complexity index is 235. The second-order valence-electron chi connectivity index (χ2n) is 4.94. The van der Waals surface area contributed by atoms with Crippen LogP contribution in [-0.2, 0) is 9.59 Å². The highest BCUT2D eigenvalue weighted by molar-refractivity contribution is 5.67. The zero-order valence-corrected chi connectivity index (χ0v) is 14.3. The van der Waals surface area contributed by atoms with Gasteiger partial charge < -0.3 is 25.5 Å². The molecule has 0 amide bonds. The van der Waals surface area contributed by atoms with Gasteiger partial charge in [0.15, 0.2) is 6.29 Å². The van der Waals surface area contributed by atoms with E-state index in [1.807, 2.05) is 6.92 Å². The SMILES string of the molecule is CCCC(O)O.CCCCC[CH-]O.O=C(O)CCCCC(=O)O. The molecule has 0 heterocycles. The molecule has 0 saturated carbocycles. The van der Waals surface area contributed by atoms with Gasteiger partial charge in [0.2, 0.25) is 0 Å². The summed E-state index contributed by atoms with van der Waals surface area (Å²) >= 11 is 0. The van der Waals surface area contributed by atoms with Gasteiger partial charge in [-0.1, -0.05) is 39.5 Å². The zero-order chi connectivity index (χ0) is 18.5. The second kappa shape index (κ2) is 23.1. The fourth-order valence-electron chi connectivity index (χ4n) is 1.30. The minimum Gasteiger partial charge on any atom is -0.566 e. The summed E-state index contributed by atoms with van der Waals surface area (Å²) in [5.41, 5.74) is 0. The molecule has 0 aromatic rings. The summed E-state index contributed by atoms with van der Waals surface area (Å²) in [6.07, 6.45) is 5.68. The topological polar surface area (TPSA) is 135 Å². The molecule has 0 fully saturated rings. The molecular formula is C16H33O7-. The molecule has 7 nitrogen and oxygen atoms in total. The molecule has 5 N–H and O–H groups in total. The van der Waals surface area contributed by atoms with Crippen LogP contribution in [0.15, 0.2) is 0 Å². The smallest absolute Gasteiger partial charge is 0.303 e. The maximum Gasteiger partial charge on any atom is 0.303 e. The van der Waals surface area contributed by atoms with E-state index in [9.17, 15) is 9.59 Å². The van der Waals surface area contributed by atoms with E-state index in [4.69, 9.17) is 25.5 Å². The van der Waals surface area contributed by atoms with Gasteiger partial charge >= 0.3 is 11.9 Å². The molecule has 140 valence electrons. The van der Waals surface area contributed by atoms with Crippen LogP contribution in [0.2, 0.25) is 0 Å². The molecule has 0 spiro atoms. The Hall–Kier alpha value is -1.18. The molecule has 0 rings (SSSR count). The van der Waals surface area contributed by atoms with E-state index in [0.717, 1.165) is 19.3 Å². The lowest BCUT2D eigenvalue weighted by Gasteiger charge is -1.99. The Labute approximate surface area is 139 Å². The highest BCUT2D eigenvalue weighted by Gasteiger charge is 1.99. The Kier molecular flexibility index (Phi) is 26.8. The number of aliphatic hydroxyl groups excluding tert-OH is 2. The number of aliphatic hydroxyl groups is 3. The third-order valence-electron chi connectivity index (χ3n) is 2.51. The van der Waals surface area contributed by atoms with Gasteiger partial charge in [-0.05, 0) is 19.3 Å². The van der Waals surface area contributed by atoms with Crippen LogP contribution in [0.3, 0.4) is 0 Å². The van der Waals surface area contributed by atoms with Crippen LogP contribution in [0.5, 0.6) is 0 Å². The van der Waals surface area contributed by atoms with Crippen molar-refractivity contribution < 1.29 is 35.1 Å². The van der Waals surface area contributed by atoms with Crippen molar-refractivity contribution in [1.82, 2.24) is 0 Å². The van der Waals surface area contributed by atoms with Gasteiger partial charge in [-0.25, -0.2) is 6.61 Å². The molecule has 0 aliphatic carbocycles. The average Bonchev–Trinajstić information content (AvgIpc) is 2.45. The largest absolute Gasteiger partial charge is 0.566 e. The summed E-state index contributed by atoms with van der Waals surface area (Å²) in [5, 5.41) is 40.6. The van der Waals surface area contributed by atoms with Crippen LogP contribution in [0.25, 0.3) is 0 Å². The van der Waals surface area contributed by atoms with E-state index in [0.29, 0.717) is 19.3 Å². The van der Waals surface area contributed by atoms with Crippen LogP contribution in [0.1, 0.15) is 78.1 Å². The first-order valence-electron chi connectivity index (χ1n) is 8.07. The molecule has 0 aliphatic rings. The minimum absolute atomic E-state index is 0.0628. The van der Waals surface area contributed by atoms with Gasteiger partial charge in [0.05, 0.1) is 0 Å². The monoisotopic (exact) mass is 337 g/mol. The predicted octanol–water partition coefficient (Wildman–Crippen LogP) is 2.91. The molecule has 0 aromatic carbocycles. The first-order chi connectivity index (χ1) is 10.8. The van der Waals surface area contributed by atoms with Crippen LogP contribution >= 0.6 is 0 Å². The minimum atomic E-state index is -1.10. The van der Waals surface area contributed by atoms with Crippen LogP contribution in [-0.4, -0.2) is 43.8 Å². The first kappa shape index (κ1) is 26.7. The second-order valence-corrected chi connectivity index (χ2v) is 4.94. The van der Waals surface area contributed by atoms with Crippen molar-refractivity contribution in [2.24, 2.45) is 0 Å². The van der Waals surface area contributed by atoms with Gasteiger partial charge in [0, 0.05) is 12.8 Å². The number of unbranched alkanes of at least 4 members (excludes halogenated alkanes) is 4. The van der Waals surface area contributed by atoms with E-state index in [1.54, 1.807) is 0 Å². The van der Waals surface area contributed by atoms with Gasteiger partial charge in [-0.3, -0.25) is 9.59 Å². The van der Waals surface area contributed by atoms with E-state index in [1.165, 1.54) is 19.4 Å². The molecule has 0 atom stereocenters. The number of hydrogen-bond acceptors (Lipinski definition) is 5. The summed E-state index contributed by atoms with van der Waals surface area (Å²) in [4.78, 5) is 19.8. The lowest BCUT2D eigenvalue weighted by atomic mass is 10.2. The fraction of sp³-hybridized carbons (Fsp3) is 0.812. The average molecular weight is 337 g/mol. The van der Waals surface area contributed by atoms with Crippen LogP contribution in [0.4, 0.5) is 0 Å². The van der Waals surface area contributed by atoms with E-state index < -0.39 is 18.2 Å². The molecular weight excluding hydrogens is 304 g/mol. The summed E-state index contributed by atoms with van der Waals surface area (Å²) in [5.74, 6) is -1.74. The van der Waals surface area contributed by atoms with Crippen molar-refractivity contribution in [3.8, 4) is 0 Å². The first-order valence-corrected chi connectivity index (χ1v) is 8.07. The Morgan fingerprint density at radius 2 is 1.35 bits per heavy atom. The molecule has 0 unspecified atom stereocenters. The molecule has 0 saturated heterocycles. The Morgan fingerprint density at radius 3 is 1.57 bits per heavy atom. The fourth-order valence-corrected chi connectivity index (χ4v) is 1.30. The number of carboxylic acids is 2. The van der Waals surface area contributed by atoms with Gasteiger partial charge in [-0.2, -0.15) is 6.42 Å². The molecule has 0 aromatic heterocycles. The van der Waals surface area contributed by atoms with Crippen molar-refractivity contribution in [2.45, 2.75) is 84.3 Å². The highest BCUT2D eigenvalue weighted by atomic mass is 16.5. The number of hydrogen-bond donors (Lipinski definition) is 5. The Morgan fingerprint density at radius 1 is 0.870 bits per heavy atom. The quantitative estimate of drug-likeness (QED) is 0.222. The lowest BCUT2D eigenvalue weighted by Crippen LogP contribution is -2.01. The molecule has 0 radical (unpaired) electrons. The van der Waals surface area contributed by atoms with Crippen molar-refractivity contribution in [1.29, 1.82) is 0 Å². The number of carboxylic acid groups (broad SMARTS) is 2. The summed E-state index contributed by atoms with van der Waals surface area (Å²) in [6.45, 7) is 5.28. The van der Waals surface area contributed by atoms with E-state index in [-0.39, 0.29) is 12.8 Å². The molecule has 0 aliphatic heterocycles. The number of rotatable bonds is 11. The zero-order valence-electron chi connectivity index (χ0n) is 14.3. The van der Waals surface area contributed by atoms with Gasteiger partial charge in [0.1, 0.15) is 0 Å². The normalized spacial score (nSPS) is 9.48. The summed E-state index contributed by atoms with van der Waals surface area (Å²) in [7, 11) is 0. The maximum absolute atomic E-state index is 9.90. The van der Waals surface area contributed by atoms with Crippen molar-refractivity contribution in [3.05, 3.63) is 6.61 Å². The molecule has 0 bridgehead atoms. The summed E-state index contributed by atoms with van der Waals surface area (Å²) in [6, 6.07) is 0. The number of aliphatic carboxylic acids is 2. The van der Waals surface area contributed by atoms with Crippen LogP contribution in [0, 0.1) is 6.61 Å². The highest BCUT2D eigenvalue weighted by Crippen LogP contribution is 1.99. The number of carbonyl (C=O) groups is 2. The standard InChI is InChI=1S/C6H10O4.C6H13O.C4H10O2/c7-5(8)3-1-2-4-6(9)10;1-2-3-4-5-6-7;1-2-3-4(5)6/h1-4H2,(H,7,8)(H,9,10);6-7H,2-5H2,1H3;4-6H,2-3H2,1H3/q;-1;. The maximum atomic E-state index is 9.90. The van der Waals surface area contributed by atoms with E-state index >= 15 is 0 Å². The molecule has 7 heteroatoms. The van der Waals surface area contributed by atoms with Crippen molar-refractivity contribution in [3.63, 3.8) is 0 Å².